The Morgan fingerprint density at radius 1 is 0.870 bits per heavy atom. The maximum atomic E-state index is 5.78. The summed E-state index contributed by atoms with van der Waals surface area (Å²) < 4.78 is 5.78. The molecule has 0 radical (unpaired) electrons. The SMILES string of the molecule is CC(C)(C)c1cc(-c2ccccc2)c2ccc3c(c2c1)CCO3. The summed E-state index contributed by atoms with van der Waals surface area (Å²) in [5, 5.41) is 2.68. The fourth-order valence-corrected chi connectivity index (χ4v) is 3.42. The molecule has 1 aliphatic rings. The summed E-state index contributed by atoms with van der Waals surface area (Å²) in [6.45, 7) is 7.64. The lowest BCUT2D eigenvalue weighted by Gasteiger charge is -2.22. The lowest BCUT2D eigenvalue weighted by Crippen LogP contribution is -2.11. The smallest absolute Gasteiger partial charge is 0.123 e. The Labute approximate surface area is 137 Å². The molecular weight excluding hydrogens is 280 g/mol. The van der Waals surface area contributed by atoms with Gasteiger partial charge in [-0.15, -0.1) is 0 Å². The molecule has 0 N–H and O–H groups in total. The Morgan fingerprint density at radius 2 is 1.65 bits per heavy atom. The van der Waals surface area contributed by atoms with Gasteiger partial charge in [0.15, 0.2) is 0 Å². The lowest BCUT2D eigenvalue weighted by molar-refractivity contribution is 0.357. The molecule has 116 valence electrons. The largest absolute Gasteiger partial charge is 0.493 e. The van der Waals surface area contributed by atoms with Crippen LogP contribution in [0.2, 0.25) is 0 Å². The summed E-state index contributed by atoms with van der Waals surface area (Å²) in [4.78, 5) is 0. The van der Waals surface area contributed by atoms with E-state index in [2.05, 4.69) is 75.4 Å². The fourth-order valence-electron chi connectivity index (χ4n) is 3.42. The van der Waals surface area contributed by atoms with Crippen molar-refractivity contribution >= 4 is 10.8 Å². The van der Waals surface area contributed by atoms with Crippen molar-refractivity contribution in [3.8, 4) is 16.9 Å². The molecule has 3 aromatic rings. The first-order valence-electron chi connectivity index (χ1n) is 8.32. The number of hydrogen-bond donors (Lipinski definition) is 0. The van der Waals surface area contributed by atoms with E-state index in [-0.39, 0.29) is 5.41 Å². The van der Waals surface area contributed by atoms with Crippen LogP contribution in [0, 0.1) is 0 Å². The Hall–Kier alpha value is -2.28. The van der Waals surface area contributed by atoms with Crippen molar-refractivity contribution < 1.29 is 4.74 Å². The molecule has 0 bridgehead atoms. The minimum absolute atomic E-state index is 0.125. The van der Waals surface area contributed by atoms with Crippen molar-refractivity contribution in [1.29, 1.82) is 0 Å². The van der Waals surface area contributed by atoms with Crippen molar-refractivity contribution in [1.82, 2.24) is 0 Å². The van der Waals surface area contributed by atoms with E-state index in [1.807, 2.05) is 0 Å². The second kappa shape index (κ2) is 5.13. The summed E-state index contributed by atoms with van der Waals surface area (Å²) >= 11 is 0. The first-order valence-corrected chi connectivity index (χ1v) is 8.32. The van der Waals surface area contributed by atoms with Crippen LogP contribution in [0.1, 0.15) is 31.9 Å². The van der Waals surface area contributed by atoms with Crippen LogP contribution in [0.15, 0.2) is 54.6 Å². The molecule has 23 heavy (non-hydrogen) atoms. The molecule has 0 unspecified atom stereocenters. The van der Waals surface area contributed by atoms with Crippen LogP contribution in [-0.4, -0.2) is 6.61 Å². The van der Waals surface area contributed by atoms with Gasteiger partial charge in [0, 0.05) is 12.0 Å². The van der Waals surface area contributed by atoms with E-state index in [4.69, 9.17) is 4.74 Å². The Kier molecular flexibility index (Phi) is 3.19. The zero-order valence-corrected chi connectivity index (χ0v) is 14.0. The topological polar surface area (TPSA) is 9.23 Å². The molecular formula is C22H22O. The summed E-state index contributed by atoms with van der Waals surface area (Å²) in [6.07, 6.45) is 1.01. The average molecular weight is 302 g/mol. The molecule has 0 saturated heterocycles. The Bertz CT molecular complexity index is 870. The van der Waals surface area contributed by atoms with Crippen molar-refractivity contribution in [3.63, 3.8) is 0 Å². The highest BCUT2D eigenvalue weighted by Crippen LogP contribution is 2.40. The van der Waals surface area contributed by atoms with Crippen LogP contribution in [0.25, 0.3) is 21.9 Å². The lowest BCUT2D eigenvalue weighted by atomic mass is 9.82. The third-order valence-corrected chi connectivity index (χ3v) is 4.76. The van der Waals surface area contributed by atoms with Crippen LogP contribution in [0.4, 0.5) is 0 Å². The number of fused-ring (bicyclic) bond motifs is 3. The highest BCUT2D eigenvalue weighted by Gasteiger charge is 2.21. The third kappa shape index (κ3) is 2.41. The first kappa shape index (κ1) is 14.3. The van der Waals surface area contributed by atoms with Gasteiger partial charge >= 0.3 is 0 Å². The fraction of sp³-hybridized carbons (Fsp3) is 0.273. The van der Waals surface area contributed by atoms with E-state index in [0.29, 0.717) is 0 Å². The van der Waals surface area contributed by atoms with Crippen molar-refractivity contribution in [2.24, 2.45) is 0 Å². The zero-order chi connectivity index (χ0) is 16.0. The molecule has 0 aromatic heterocycles. The van der Waals surface area contributed by atoms with Gasteiger partial charge in [-0.1, -0.05) is 63.2 Å². The van der Waals surface area contributed by atoms with Crippen molar-refractivity contribution in [2.75, 3.05) is 6.61 Å². The predicted octanol–water partition coefficient (Wildman–Crippen LogP) is 5.74. The minimum Gasteiger partial charge on any atom is -0.493 e. The summed E-state index contributed by atoms with van der Waals surface area (Å²) in [6, 6.07) is 19.8. The van der Waals surface area contributed by atoms with Gasteiger partial charge in [0.25, 0.3) is 0 Å². The van der Waals surface area contributed by atoms with Gasteiger partial charge in [-0.05, 0) is 45.0 Å². The van der Waals surface area contributed by atoms with Gasteiger partial charge in [-0.2, -0.15) is 0 Å². The molecule has 1 nitrogen and oxygen atoms in total. The standard InChI is InChI=1S/C22H22O/c1-22(2,3)16-13-19(15-7-5-4-6-8-15)17-9-10-21-18(11-12-23-21)20(17)14-16/h4-10,13-14H,11-12H2,1-3H3. The predicted molar refractivity (Wildman–Crippen MR) is 97.3 cm³/mol. The Balaban J connectivity index is 2.08. The molecule has 0 fully saturated rings. The van der Waals surface area contributed by atoms with Crippen LogP contribution < -0.4 is 4.74 Å². The number of ether oxygens (including phenoxy) is 1. The van der Waals surface area contributed by atoms with Gasteiger partial charge in [0.05, 0.1) is 6.61 Å². The molecule has 1 heteroatoms. The molecule has 0 spiro atoms. The van der Waals surface area contributed by atoms with Gasteiger partial charge < -0.3 is 4.74 Å². The molecule has 1 heterocycles. The van der Waals surface area contributed by atoms with Crippen LogP contribution >= 0.6 is 0 Å². The maximum absolute atomic E-state index is 5.78. The molecule has 4 rings (SSSR count). The third-order valence-electron chi connectivity index (χ3n) is 4.76. The van der Waals surface area contributed by atoms with E-state index in [0.717, 1.165) is 18.8 Å². The first-order chi connectivity index (χ1) is 11.0. The van der Waals surface area contributed by atoms with E-state index < -0.39 is 0 Å². The van der Waals surface area contributed by atoms with Crippen molar-refractivity contribution in [2.45, 2.75) is 32.6 Å². The van der Waals surface area contributed by atoms with Gasteiger partial charge in [-0.3, -0.25) is 0 Å². The maximum Gasteiger partial charge on any atom is 0.123 e. The van der Waals surface area contributed by atoms with Crippen LogP contribution in [0.5, 0.6) is 5.75 Å². The minimum atomic E-state index is 0.125. The monoisotopic (exact) mass is 302 g/mol. The van der Waals surface area contributed by atoms with E-state index in [1.165, 1.54) is 33.0 Å². The van der Waals surface area contributed by atoms with Gasteiger partial charge in [0.1, 0.15) is 5.75 Å². The van der Waals surface area contributed by atoms with Crippen LogP contribution in [0.3, 0.4) is 0 Å². The highest BCUT2D eigenvalue weighted by molar-refractivity contribution is 6.00. The molecule has 0 atom stereocenters. The second-order valence-electron chi connectivity index (χ2n) is 7.38. The highest BCUT2D eigenvalue weighted by atomic mass is 16.5. The number of rotatable bonds is 1. The van der Waals surface area contributed by atoms with E-state index >= 15 is 0 Å². The summed E-state index contributed by atoms with van der Waals surface area (Å²) in [5.41, 5.74) is 5.47. The average Bonchev–Trinajstić information content (AvgIpc) is 3.02. The quantitative estimate of drug-likeness (QED) is 0.557. The Morgan fingerprint density at radius 3 is 2.39 bits per heavy atom. The molecule has 0 aliphatic carbocycles. The summed E-state index contributed by atoms with van der Waals surface area (Å²) in [7, 11) is 0. The summed E-state index contributed by atoms with van der Waals surface area (Å²) in [5.74, 6) is 1.06. The van der Waals surface area contributed by atoms with E-state index in [9.17, 15) is 0 Å². The molecule has 1 aliphatic heterocycles. The van der Waals surface area contributed by atoms with Crippen LogP contribution in [-0.2, 0) is 11.8 Å². The van der Waals surface area contributed by atoms with Gasteiger partial charge in [-0.25, -0.2) is 0 Å². The van der Waals surface area contributed by atoms with Crippen molar-refractivity contribution in [3.05, 3.63) is 65.7 Å². The molecule has 0 saturated carbocycles. The van der Waals surface area contributed by atoms with Gasteiger partial charge in [0.2, 0.25) is 0 Å². The van der Waals surface area contributed by atoms with E-state index in [1.54, 1.807) is 0 Å². The normalized spacial score (nSPS) is 13.9. The second-order valence-corrected chi connectivity index (χ2v) is 7.38. The molecule has 3 aromatic carbocycles. The molecule has 0 amide bonds. The number of hydrogen-bond acceptors (Lipinski definition) is 1. The number of benzene rings is 3. The zero-order valence-electron chi connectivity index (χ0n) is 14.0.